The standard InChI is InChI=1S/C25H34O/c1-20(11-7-8-12-22(3)19-26)13-9-14-21(2)16-17-24-23(4)15-10-18-25(24,5)6/h7-9,11-14,16-17,19H,10,15,18H2,1-6H3/b8-7+,13-9+,17-16+,20-11+,21-14+,22-12-. The summed E-state index contributed by atoms with van der Waals surface area (Å²) in [7, 11) is 0. The van der Waals surface area contributed by atoms with Crippen LogP contribution in [-0.4, -0.2) is 6.29 Å². The van der Waals surface area contributed by atoms with Crippen LogP contribution in [0.3, 0.4) is 0 Å². The molecule has 0 aromatic heterocycles. The van der Waals surface area contributed by atoms with Crippen LogP contribution in [0, 0.1) is 5.41 Å². The molecule has 0 radical (unpaired) electrons. The topological polar surface area (TPSA) is 17.1 Å². The molecule has 1 rings (SSSR count). The second kappa shape index (κ2) is 10.8. The number of allylic oxidation sites excluding steroid dienone is 14. The largest absolute Gasteiger partial charge is 0.298 e. The van der Waals surface area contributed by atoms with E-state index in [2.05, 4.69) is 65.0 Å². The van der Waals surface area contributed by atoms with Gasteiger partial charge in [-0.1, -0.05) is 85.3 Å². The summed E-state index contributed by atoms with van der Waals surface area (Å²) < 4.78 is 0. The van der Waals surface area contributed by atoms with E-state index in [0.717, 1.165) is 11.9 Å². The number of carbonyl (C=O) groups excluding carboxylic acids is 1. The molecule has 140 valence electrons. The summed E-state index contributed by atoms with van der Waals surface area (Å²) in [5.74, 6) is 0. The molecule has 0 amide bonds. The van der Waals surface area contributed by atoms with Crippen LogP contribution in [0.2, 0.25) is 0 Å². The molecular formula is C25H34O. The van der Waals surface area contributed by atoms with Gasteiger partial charge in [-0.15, -0.1) is 0 Å². The van der Waals surface area contributed by atoms with E-state index in [0.29, 0.717) is 0 Å². The Balaban J connectivity index is 2.70. The highest BCUT2D eigenvalue weighted by molar-refractivity contribution is 5.72. The first-order chi connectivity index (χ1) is 12.3. The molecule has 1 heteroatoms. The summed E-state index contributed by atoms with van der Waals surface area (Å²) in [6.45, 7) is 13.0. The van der Waals surface area contributed by atoms with Crippen LogP contribution in [0.1, 0.15) is 60.8 Å². The van der Waals surface area contributed by atoms with Crippen molar-refractivity contribution >= 4 is 6.29 Å². The van der Waals surface area contributed by atoms with Gasteiger partial charge in [0.05, 0.1) is 0 Å². The number of carbonyl (C=O) groups is 1. The molecule has 0 heterocycles. The van der Waals surface area contributed by atoms with Crippen molar-refractivity contribution in [3.63, 3.8) is 0 Å². The minimum atomic E-state index is 0.289. The second-order valence-corrected chi connectivity index (χ2v) is 7.86. The molecule has 0 aromatic rings. The molecule has 0 bridgehead atoms. The normalized spacial score (nSPS) is 20.0. The van der Waals surface area contributed by atoms with E-state index in [1.807, 2.05) is 18.2 Å². The second-order valence-electron chi connectivity index (χ2n) is 7.86. The van der Waals surface area contributed by atoms with E-state index in [4.69, 9.17) is 0 Å². The first-order valence-electron chi connectivity index (χ1n) is 9.46. The molecular weight excluding hydrogens is 316 g/mol. The van der Waals surface area contributed by atoms with E-state index in [-0.39, 0.29) is 5.41 Å². The Morgan fingerprint density at radius 1 is 0.885 bits per heavy atom. The maximum atomic E-state index is 10.5. The Morgan fingerprint density at radius 3 is 2.08 bits per heavy atom. The van der Waals surface area contributed by atoms with Crippen molar-refractivity contribution in [1.82, 2.24) is 0 Å². The summed E-state index contributed by atoms with van der Waals surface area (Å²) in [6, 6.07) is 0. The van der Waals surface area contributed by atoms with E-state index in [9.17, 15) is 4.79 Å². The number of hydrogen-bond acceptors (Lipinski definition) is 1. The van der Waals surface area contributed by atoms with Gasteiger partial charge < -0.3 is 0 Å². The predicted molar refractivity (Wildman–Crippen MR) is 115 cm³/mol. The van der Waals surface area contributed by atoms with Gasteiger partial charge in [0.1, 0.15) is 6.29 Å². The van der Waals surface area contributed by atoms with Gasteiger partial charge in [-0.25, -0.2) is 0 Å². The van der Waals surface area contributed by atoms with Crippen LogP contribution in [-0.2, 0) is 4.79 Å². The zero-order valence-corrected chi connectivity index (χ0v) is 17.3. The fourth-order valence-corrected chi connectivity index (χ4v) is 3.14. The lowest BCUT2D eigenvalue weighted by Crippen LogP contribution is -2.19. The minimum absolute atomic E-state index is 0.289. The Labute approximate surface area is 160 Å². The minimum Gasteiger partial charge on any atom is -0.298 e. The van der Waals surface area contributed by atoms with Gasteiger partial charge in [-0.05, 0) is 63.5 Å². The Hall–Kier alpha value is -2.15. The van der Waals surface area contributed by atoms with Crippen LogP contribution in [0.5, 0.6) is 0 Å². The number of rotatable bonds is 7. The van der Waals surface area contributed by atoms with Crippen LogP contribution in [0.4, 0.5) is 0 Å². The molecule has 26 heavy (non-hydrogen) atoms. The van der Waals surface area contributed by atoms with Gasteiger partial charge >= 0.3 is 0 Å². The molecule has 0 fully saturated rings. The molecule has 1 aliphatic rings. The zero-order chi connectivity index (χ0) is 19.6. The highest BCUT2D eigenvalue weighted by Gasteiger charge is 2.26. The van der Waals surface area contributed by atoms with Crippen LogP contribution in [0.15, 0.2) is 82.5 Å². The van der Waals surface area contributed by atoms with E-state index in [1.54, 1.807) is 13.0 Å². The van der Waals surface area contributed by atoms with Gasteiger partial charge in [-0.3, -0.25) is 4.79 Å². The quantitative estimate of drug-likeness (QED) is 0.269. The number of aldehydes is 1. The van der Waals surface area contributed by atoms with Crippen molar-refractivity contribution in [3.05, 3.63) is 82.5 Å². The molecule has 0 saturated heterocycles. The average Bonchev–Trinajstić information content (AvgIpc) is 2.57. The maximum absolute atomic E-state index is 10.5. The Kier molecular flexibility index (Phi) is 9.05. The summed E-state index contributed by atoms with van der Waals surface area (Å²) in [4.78, 5) is 10.5. The van der Waals surface area contributed by atoms with Gasteiger partial charge in [0.2, 0.25) is 0 Å². The van der Waals surface area contributed by atoms with Gasteiger partial charge in [-0.2, -0.15) is 0 Å². The zero-order valence-electron chi connectivity index (χ0n) is 17.3. The molecule has 0 aromatic carbocycles. The third kappa shape index (κ3) is 7.82. The summed E-state index contributed by atoms with van der Waals surface area (Å²) in [5.41, 5.74) is 6.46. The lowest BCUT2D eigenvalue weighted by atomic mass is 9.72. The summed E-state index contributed by atoms with van der Waals surface area (Å²) in [5, 5.41) is 0. The van der Waals surface area contributed by atoms with Crippen LogP contribution < -0.4 is 0 Å². The van der Waals surface area contributed by atoms with Crippen molar-refractivity contribution in [2.24, 2.45) is 5.41 Å². The van der Waals surface area contributed by atoms with Crippen molar-refractivity contribution in [2.75, 3.05) is 0 Å². The van der Waals surface area contributed by atoms with Gasteiger partial charge in [0.15, 0.2) is 0 Å². The highest BCUT2D eigenvalue weighted by Crippen LogP contribution is 2.40. The van der Waals surface area contributed by atoms with Crippen LogP contribution >= 0.6 is 0 Å². The lowest BCUT2D eigenvalue weighted by Gasteiger charge is -2.32. The molecule has 0 aliphatic heterocycles. The first kappa shape index (κ1) is 21.9. The van der Waals surface area contributed by atoms with Crippen molar-refractivity contribution < 1.29 is 4.79 Å². The molecule has 0 saturated carbocycles. The summed E-state index contributed by atoms with van der Waals surface area (Å²) in [6.07, 6.45) is 23.2. The van der Waals surface area contributed by atoms with Crippen LogP contribution in [0.25, 0.3) is 0 Å². The van der Waals surface area contributed by atoms with E-state index in [1.165, 1.54) is 41.6 Å². The molecule has 0 unspecified atom stereocenters. The molecule has 1 nitrogen and oxygen atoms in total. The van der Waals surface area contributed by atoms with Crippen molar-refractivity contribution in [1.29, 1.82) is 0 Å². The fourth-order valence-electron chi connectivity index (χ4n) is 3.14. The third-order valence-electron chi connectivity index (χ3n) is 4.79. The SMILES string of the molecule is CC1=C(/C=C/C(C)=C/C=C/C(C)=C/C=C/C=C(/C)C=O)C(C)(C)CCC1. The lowest BCUT2D eigenvalue weighted by molar-refractivity contribution is -0.104. The predicted octanol–water partition coefficient (Wildman–Crippen LogP) is 7.22. The monoisotopic (exact) mass is 350 g/mol. The third-order valence-corrected chi connectivity index (χ3v) is 4.79. The fraction of sp³-hybridized carbons (Fsp3) is 0.400. The molecule has 0 N–H and O–H groups in total. The van der Waals surface area contributed by atoms with Crippen molar-refractivity contribution in [2.45, 2.75) is 60.8 Å². The molecule has 0 spiro atoms. The van der Waals surface area contributed by atoms with Gasteiger partial charge in [0, 0.05) is 0 Å². The Morgan fingerprint density at radius 2 is 1.46 bits per heavy atom. The number of hydrogen-bond donors (Lipinski definition) is 0. The summed E-state index contributed by atoms with van der Waals surface area (Å²) >= 11 is 0. The van der Waals surface area contributed by atoms with E-state index < -0.39 is 0 Å². The van der Waals surface area contributed by atoms with Gasteiger partial charge in [0.25, 0.3) is 0 Å². The molecule has 0 atom stereocenters. The maximum Gasteiger partial charge on any atom is 0.145 e. The van der Waals surface area contributed by atoms with E-state index >= 15 is 0 Å². The van der Waals surface area contributed by atoms with Crippen molar-refractivity contribution in [3.8, 4) is 0 Å². The average molecular weight is 351 g/mol. The molecule has 1 aliphatic carbocycles. The smallest absolute Gasteiger partial charge is 0.145 e. The Bertz CT molecular complexity index is 700. The highest BCUT2D eigenvalue weighted by atomic mass is 16.1. The first-order valence-corrected chi connectivity index (χ1v) is 9.46.